The van der Waals surface area contributed by atoms with Crippen LogP contribution in [0.2, 0.25) is 0 Å². The third kappa shape index (κ3) is 5.14. The van der Waals surface area contributed by atoms with Crippen molar-refractivity contribution in [2.75, 3.05) is 33.9 Å². The smallest absolute Gasteiger partial charge is 0.244 e. The van der Waals surface area contributed by atoms with Crippen LogP contribution in [-0.2, 0) is 14.9 Å². The summed E-state index contributed by atoms with van der Waals surface area (Å²) in [7, 11) is 3.51. The summed E-state index contributed by atoms with van der Waals surface area (Å²) in [6.07, 6.45) is 8.62. The SMILES string of the molecule is C=CCN1CC[C@@]2(c3cccc(OC)c3)C[C@H](NC(=O)C=Cc3cccc(O)c3)CC[C@]2(OC)C1. The predicted molar refractivity (Wildman–Crippen MR) is 139 cm³/mol. The number of methoxy groups -OCH3 is 2. The van der Waals surface area contributed by atoms with Gasteiger partial charge in [-0.15, -0.1) is 6.58 Å². The summed E-state index contributed by atoms with van der Waals surface area (Å²) in [5.41, 5.74) is 1.37. The van der Waals surface area contributed by atoms with Crippen LogP contribution in [0.15, 0.2) is 67.3 Å². The molecule has 1 saturated heterocycles. The molecule has 0 spiro atoms. The number of phenols is 1. The third-order valence-electron chi connectivity index (χ3n) is 7.74. The van der Waals surface area contributed by atoms with Crippen molar-refractivity contribution >= 4 is 12.0 Å². The fraction of sp³-hybridized carbons (Fsp3) is 0.414. The Kier molecular flexibility index (Phi) is 7.63. The van der Waals surface area contributed by atoms with Gasteiger partial charge in [0.25, 0.3) is 0 Å². The van der Waals surface area contributed by atoms with Gasteiger partial charge in [-0.1, -0.05) is 30.3 Å². The highest BCUT2D eigenvalue weighted by atomic mass is 16.5. The molecule has 0 bridgehead atoms. The molecule has 2 aliphatic rings. The lowest BCUT2D eigenvalue weighted by atomic mass is 9.55. The Morgan fingerprint density at radius 2 is 2.06 bits per heavy atom. The van der Waals surface area contributed by atoms with Gasteiger partial charge in [-0.25, -0.2) is 0 Å². The van der Waals surface area contributed by atoms with Crippen LogP contribution in [0.4, 0.5) is 0 Å². The second kappa shape index (κ2) is 10.7. The first-order valence-electron chi connectivity index (χ1n) is 12.2. The number of amides is 1. The predicted octanol–water partition coefficient (Wildman–Crippen LogP) is 4.30. The number of fused-ring (bicyclic) bond motifs is 1. The third-order valence-corrected chi connectivity index (χ3v) is 7.74. The number of piperidine rings is 1. The van der Waals surface area contributed by atoms with Crippen molar-refractivity contribution in [1.29, 1.82) is 0 Å². The normalized spacial score (nSPS) is 26.7. The summed E-state index contributed by atoms with van der Waals surface area (Å²) in [5, 5.41) is 12.9. The van der Waals surface area contributed by atoms with Crippen molar-refractivity contribution in [3.63, 3.8) is 0 Å². The monoisotopic (exact) mass is 476 g/mol. The van der Waals surface area contributed by atoms with E-state index in [1.54, 1.807) is 31.4 Å². The van der Waals surface area contributed by atoms with Crippen LogP contribution < -0.4 is 10.1 Å². The minimum atomic E-state index is -0.362. The first-order valence-corrected chi connectivity index (χ1v) is 12.2. The Balaban J connectivity index is 1.60. The van der Waals surface area contributed by atoms with Crippen LogP contribution in [0.5, 0.6) is 11.5 Å². The largest absolute Gasteiger partial charge is 0.508 e. The molecule has 1 saturated carbocycles. The molecule has 1 heterocycles. The van der Waals surface area contributed by atoms with Crippen molar-refractivity contribution in [1.82, 2.24) is 10.2 Å². The molecule has 2 N–H and O–H groups in total. The molecule has 0 aromatic heterocycles. The molecule has 1 aliphatic carbocycles. The highest BCUT2D eigenvalue weighted by Crippen LogP contribution is 2.53. The summed E-state index contributed by atoms with van der Waals surface area (Å²) >= 11 is 0. The molecule has 1 aliphatic heterocycles. The van der Waals surface area contributed by atoms with Gasteiger partial charge in [-0.3, -0.25) is 9.69 Å². The van der Waals surface area contributed by atoms with Crippen LogP contribution in [0.1, 0.15) is 36.8 Å². The average molecular weight is 477 g/mol. The van der Waals surface area contributed by atoms with Crippen molar-refractivity contribution in [2.24, 2.45) is 0 Å². The maximum Gasteiger partial charge on any atom is 0.244 e. The van der Waals surface area contributed by atoms with Gasteiger partial charge in [0.1, 0.15) is 11.5 Å². The van der Waals surface area contributed by atoms with Crippen molar-refractivity contribution in [2.45, 2.75) is 42.7 Å². The molecule has 2 aromatic carbocycles. The number of hydrogen-bond donors (Lipinski definition) is 2. The first kappa shape index (κ1) is 25.0. The molecule has 2 fully saturated rings. The topological polar surface area (TPSA) is 71.0 Å². The number of likely N-dealkylation sites (tertiary alicyclic amines) is 1. The lowest BCUT2D eigenvalue weighted by molar-refractivity contribution is -0.148. The van der Waals surface area contributed by atoms with E-state index in [1.807, 2.05) is 31.4 Å². The Bertz CT molecular complexity index is 1080. The van der Waals surface area contributed by atoms with Crippen LogP contribution >= 0.6 is 0 Å². The zero-order valence-corrected chi connectivity index (χ0v) is 20.7. The van der Waals surface area contributed by atoms with E-state index in [2.05, 4.69) is 28.9 Å². The van der Waals surface area contributed by atoms with Gasteiger partial charge in [0, 0.05) is 37.7 Å². The Morgan fingerprint density at radius 1 is 1.23 bits per heavy atom. The highest BCUT2D eigenvalue weighted by molar-refractivity contribution is 5.92. The van der Waals surface area contributed by atoms with Crippen LogP contribution in [0, 0.1) is 0 Å². The van der Waals surface area contributed by atoms with Gasteiger partial charge in [-0.2, -0.15) is 0 Å². The van der Waals surface area contributed by atoms with Gasteiger partial charge in [0.05, 0.1) is 12.7 Å². The first-order chi connectivity index (χ1) is 16.9. The standard InChI is InChI=1S/C29H36N2O4/c1-4-16-31-17-15-28(23-8-6-10-26(19-23)34-2)20-24(13-14-29(28,21-31)35-3)30-27(33)12-11-22-7-5-9-25(32)18-22/h4-12,18-19,24,32H,1,13-17,20-21H2,2-3H3,(H,30,33)/t24-,28+,29+/m1/s1. The number of hydrogen-bond acceptors (Lipinski definition) is 5. The van der Waals surface area contributed by atoms with Crippen molar-refractivity contribution < 1.29 is 19.4 Å². The maximum atomic E-state index is 12.8. The minimum Gasteiger partial charge on any atom is -0.508 e. The summed E-state index contributed by atoms with van der Waals surface area (Å²) < 4.78 is 12.0. The zero-order chi connectivity index (χ0) is 24.9. The molecule has 6 heteroatoms. The Labute approximate surface area is 208 Å². The Hall–Kier alpha value is -3.09. The van der Waals surface area contributed by atoms with E-state index in [4.69, 9.17) is 9.47 Å². The lowest BCUT2D eigenvalue weighted by Crippen LogP contribution is -2.67. The number of rotatable bonds is 8. The molecule has 186 valence electrons. The quantitative estimate of drug-likeness (QED) is 0.439. The molecular weight excluding hydrogens is 440 g/mol. The van der Waals surface area contributed by atoms with E-state index < -0.39 is 0 Å². The number of benzene rings is 2. The molecule has 35 heavy (non-hydrogen) atoms. The molecule has 4 rings (SSSR count). The molecule has 6 nitrogen and oxygen atoms in total. The minimum absolute atomic E-state index is 0.0248. The van der Waals surface area contributed by atoms with E-state index in [0.717, 1.165) is 56.6 Å². The number of aromatic hydroxyl groups is 1. The summed E-state index contributed by atoms with van der Waals surface area (Å²) in [6, 6.07) is 15.2. The number of ether oxygens (including phenoxy) is 2. The van der Waals surface area contributed by atoms with Gasteiger partial charge in [-0.05, 0) is 73.7 Å². The molecule has 0 unspecified atom stereocenters. The van der Waals surface area contributed by atoms with Gasteiger partial charge in [0.2, 0.25) is 5.91 Å². The summed E-state index contributed by atoms with van der Waals surface area (Å²) in [4.78, 5) is 15.2. The second-order valence-corrected chi connectivity index (χ2v) is 9.66. The number of nitrogens with one attached hydrogen (secondary N) is 1. The van der Waals surface area contributed by atoms with E-state index in [0.29, 0.717) is 0 Å². The van der Waals surface area contributed by atoms with E-state index >= 15 is 0 Å². The number of carbonyl (C=O) groups excluding carboxylic acids is 1. The summed E-state index contributed by atoms with van der Waals surface area (Å²) in [6.45, 7) is 6.52. The van der Waals surface area contributed by atoms with Crippen molar-refractivity contribution in [3.05, 3.63) is 78.4 Å². The van der Waals surface area contributed by atoms with Crippen molar-refractivity contribution in [3.8, 4) is 11.5 Å². The molecule has 3 atom stereocenters. The van der Waals surface area contributed by atoms with Crippen LogP contribution in [-0.4, -0.2) is 61.4 Å². The van der Waals surface area contributed by atoms with Crippen LogP contribution in [0.3, 0.4) is 0 Å². The molecular formula is C29H36N2O4. The fourth-order valence-corrected chi connectivity index (χ4v) is 6.02. The van der Waals surface area contributed by atoms with Gasteiger partial charge in [0.15, 0.2) is 0 Å². The second-order valence-electron chi connectivity index (χ2n) is 9.66. The molecule has 1 amide bonds. The number of nitrogens with zero attached hydrogens (tertiary/aromatic N) is 1. The number of carbonyl (C=O) groups is 1. The lowest BCUT2D eigenvalue weighted by Gasteiger charge is -2.59. The van der Waals surface area contributed by atoms with E-state index in [-0.39, 0.29) is 28.7 Å². The van der Waals surface area contributed by atoms with E-state index in [1.165, 1.54) is 11.6 Å². The summed E-state index contributed by atoms with van der Waals surface area (Å²) in [5.74, 6) is 0.877. The van der Waals surface area contributed by atoms with Gasteiger partial charge < -0.3 is 19.9 Å². The maximum absolute atomic E-state index is 12.8. The average Bonchev–Trinajstić information content (AvgIpc) is 2.88. The van der Waals surface area contributed by atoms with Crippen LogP contribution in [0.25, 0.3) is 6.08 Å². The van der Waals surface area contributed by atoms with E-state index in [9.17, 15) is 9.90 Å². The zero-order valence-electron chi connectivity index (χ0n) is 20.7. The molecule has 0 radical (unpaired) electrons. The van der Waals surface area contributed by atoms with Gasteiger partial charge >= 0.3 is 0 Å². The highest BCUT2D eigenvalue weighted by Gasteiger charge is 2.58. The Morgan fingerprint density at radius 3 is 2.80 bits per heavy atom. The fourth-order valence-electron chi connectivity index (χ4n) is 6.02. The number of phenolic OH excluding ortho intramolecular Hbond substituents is 1. The molecule has 2 aromatic rings.